The Kier molecular flexibility index (Phi) is 10.5. The summed E-state index contributed by atoms with van der Waals surface area (Å²) in [5, 5.41) is 9.66. The Hall–Kier alpha value is -2.59. The normalized spacial score (nSPS) is 14.5. The van der Waals surface area contributed by atoms with Crippen LogP contribution >= 0.6 is 0 Å². The smallest absolute Gasteiger partial charge is 0.140 e. The lowest BCUT2D eigenvalue weighted by molar-refractivity contribution is 0.190. The predicted octanol–water partition coefficient (Wildman–Crippen LogP) is 7.85. The third-order valence-corrected chi connectivity index (χ3v) is 7.70. The van der Waals surface area contributed by atoms with Crippen LogP contribution in [0.25, 0.3) is 11.4 Å². The van der Waals surface area contributed by atoms with E-state index < -0.39 is 0 Å². The van der Waals surface area contributed by atoms with Gasteiger partial charge in [0.15, 0.2) is 0 Å². The highest BCUT2D eigenvalue weighted by Gasteiger charge is 2.18. The summed E-state index contributed by atoms with van der Waals surface area (Å²) >= 11 is 0. The van der Waals surface area contributed by atoms with Crippen molar-refractivity contribution >= 4 is 0 Å². The molecule has 4 heteroatoms. The molecule has 0 radical (unpaired) electrons. The molecule has 0 saturated heterocycles. The van der Waals surface area contributed by atoms with Crippen molar-refractivity contribution in [3.63, 3.8) is 0 Å². The average Bonchev–Trinajstić information content (AvgIpc) is 3.32. The summed E-state index contributed by atoms with van der Waals surface area (Å²) in [7, 11) is 0. The van der Waals surface area contributed by atoms with Crippen LogP contribution in [0.1, 0.15) is 82.4 Å². The summed E-state index contributed by atoms with van der Waals surface area (Å²) in [4.78, 5) is 7.49. The number of benzene rings is 2. The van der Waals surface area contributed by atoms with Gasteiger partial charge in [-0.1, -0.05) is 81.5 Å². The molecule has 1 saturated carbocycles. The molecule has 0 amide bonds. The fourth-order valence-corrected chi connectivity index (χ4v) is 5.64. The van der Waals surface area contributed by atoms with Crippen molar-refractivity contribution in [1.82, 2.24) is 14.5 Å². The molecule has 3 aromatic rings. The molecule has 0 unspecified atom stereocenters. The number of aromatic hydroxyl groups is 1. The standard InChI is InChI=1S/C32H45N3O/c1-2-3-23-35-30(24-33-32(35)29-15-9-5-10-16-29)17-11-6-12-22-34(25-27-13-7-4-8-14-27)26-28-18-20-31(36)21-19-28/h5,9-10,15-16,18-21,24,27,36H,2-4,6-8,11-14,17,22-23,25-26H2,1H3. The van der Waals surface area contributed by atoms with Crippen molar-refractivity contribution < 1.29 is 5.11 Å². The van der Waals surface area contributed by atoms with Gasteiger partial charge in [-0.3, -0.25) is 4.90 Å². The Bertz CT molecular complexity index is 1010. The van der Waals surface area contributed by atoms with Gasteiger partial charge in [-0.25, -0.2) is 4.98 Å². The third kappa shape index (κ3) is 7.96. The molecule has 1 N–H and O–H groups in total. The van der Waals surface area contributed by atoms with E-state index in [-0.39, 0.29) is 0 Å². The van der Waals surface area contributed by atoms with Crippen molar-refractivity contribution in [3.8, 4) is 17.1 Å². The Labute approximate surface area is 218 Å². The van der Waals surface area contributed by atoms with Crippen molar-refractivity contribution in [2.75, 3.05) is 13.1 Å². The van der Waals surface area contributed by atoms with Crippen LogP contribution in [0.3, 0.4) is 0 Å². The van der Waals surface area contributed by atoms with E-state index in [4.69, 9.17) is 4.98 Å². The second-order valence-electron chi connectivity index (χ2n) is 10.7. The number of phenols is 1. The van der Waals surface area contributed by atoms with Crippen LogP contribution in [0.15, 0.2) is 60.8 Å². The highest BCUT2D eigenvalue weighted by atomic mass is 16.3. The fraction of sp³-hybridized carbons (Fsp3) is 0.531. The van der Waals surface area contributed by atoms with Crippen molar-refractivity contribution in [2.24, 2.45) is 5.92 Å². The number of nitrogens with zero attached hydrogens (tertiary/aromatic N) is 3. The van der Waals surface area contributed by atoms with E-state index >= 15 is 0 Å². The summed E-state index contributed by atoms with van der Waals surface area (Å²) in [5.41, 5.74) is 3.90. The average molecular weight is 488 g/mol. The Morgan fingerprint density at radius 1 is 0.917 bits per heavy atom. The Morgan fingerprint density at radius 3 is 2.44 bits per heavy atom. The lowest BCUT2D eigenvalue weighted by atomic mass is 9.89. The molecule has 36 heavy (non-hydrogen) atoms. The fourth-order valence-electron chi connectivity index (χ4n) is 5.64. The van der Waals surface area contributed by atoms with E-state index in [1.54, 1.807) is 0 Å². The lowest BCUT2D eigenvalue weighted by Gasteiger charge is -2.30. The van der Waals surface area contributed by atoms with E-state index in [2.05, 4.69) is 65.1 Å². The number of hydrogen-bond acceptors (Lipinski definition) is 3. The maximum Gasteiger partial charge on any atom is 0.140 e. The Balaban J connectivity index is 1.30. The van der Waals surface area contributed by atoms with Crippen molar-refractivity contribution in [3.05, 3.63) is 72.1 Å². The second kappa shape index (κ2) is 14.2. The first-order chi connectivity index (χ1) is 17.7. The summed E-state index contributed by atoms with van der Waals surface area (Å²) < 4.78 is 2.46. The van der Waals surface area contributed by atoms with Crippen LogP contribution in [-0.2, 0) is 19.5 Å². The molecule has 1 aromatic heterocycles. The highest BCUT2D eigenvalue weighted by Crippen LogP contribution is 2.26. The van der Waals surface area contributed by atoms with Gasteiger partial charge in [-0.2, -0.15) is 0 Å². The molecule has 4 rings (SSSR count). The van der Waals surface area contributed by atoms with Crippen molar-refractivity contribution in [1.29, 1.82) is 0 Å². The van der Waals surface area contributed by atoms with E-state index in [1.165, 1.54) is 87.6 Å². The number of aryl methyl sites for hydroxylation is 1. The van der Waals surface area contributed by atoms with Crippen molar-refractivity contribution in [2.45, 2.75) is 90.6 Å². The first-order valence-electron chi connectivity index (χ1n) is 14.3. The molecule has 0 atom stereocenters. The molecule has 0 spiro atoms. The first kappa shape index (κ1) is 26.5. The molecule has 194 valence electrons. The van der Waals surface area contributed by atoms with E-state index in [0.717, 1.165) is 37.8 Å². The largest absolute Gasteiger partial charge is 0.508 e. The number of unbranched alkanes of at least 4 members (excludes halogenated alkanes) is 3. The van der Waals surface area contributed by atoms with Gasteiger partial charge in [-0.15, -0.1) is 0 Å². The summed E-state index contributed by atoms with van der Waals surface area (Å²) in [6, 6.07) is 18.4. The number of hydrogen-bond donors (Lipinski definition) is 1. The molecule has 1 aliphatic rings. The van der Waals surface area contributed by atoms with Gasteiger partial charge < -0.3 is 9.67 Å². The van der Waals surface area contributed by atoms with Gasteiger partial charge in [-0.05, 0) is 68.7 Å². The van der Waals surface area contributed by atoms with E-state index in [9.17, 15) is 5.11 Å². The minimum absolute atomic E-state index is 0.353. The van der Waals surface area contributed by atoms with Gasteiger partial charge in [0.2, 0.25) is 0 Å². The highest BCUT2D eigenvalue weighted by molar-refractivity contribution is 5.55. The summed E-state index contributed by atoms with van der Waals surface area (Å²) in [6.07, 6.45) is 16.3. The quantitative estimate of drug-likeness (QED) is 0.235. The van der Waals surface area contributed by atoms with Crippen LogP contribution in [0.4, 0.5) is 0 Å². The second-order valence-corrected chi connectivity index (χ2v) is 10.7. The maximum atomic E-state index is 9.66. The number of rotatable bonds is 14. The van der Waals surface area contributed by atoms with Gasteiger partial charge in [0.05, 0.1) is 0 Å². The van der Waals surface area contributed by atoms with Gasteiger partial charge in [0.1, 0.15) is 11.6 Å². The predicted molar refractivity (Wildman–Crippen MR) is 150 cm³/mol. The third-order valence-electron chi connectivity index (χ3n) is 7.70. The van der Waals surface area contributed by atoms with Gasteiger partial charge in [0.25, 0.3) is 0 Å². The monoisotopic (exact) mass is 487 g/mol. The zero-order valence-electron chi connectivity index (χ0n) is 22.2. The van der Waals surface area contributed by atoms with Crippen LogP contribution in [0.5, 0.6) is 5.75 Å². The first-order valence-corrected chi connectivity index (χ1v) is 14.3. The summed E-state index contributed by atoms with van der Waals surface area (Å²) in [5.74, 6) is 2.32. The molecule has 1 fully saturated rings. The zero-order chi connectivity index (χ0) is 25.0. The molecule has 0 aliphatic heterocycles. The lowest BCUT2D eigenvalue weighted by Crippen LogP contribution is -2.31. The Morgan fingerprint density at radius 2 is 1.69 bits per heavy atom. The minimum atomic E-state index is 0.353. The van der Waals surface area contributed by atoms with E-state index in [0.29, 0.717) is 5.75 Å². The molecule has 1 aliphatic carbocycles. The number of aromatic nitrogens is 2. The maximum absolute atomic E-state index is 9.66. The SMILES string of the molecule is CCCCn1c(CCCCCN(Cc2ccc(O)cc2)CC2CCCCC2)cnc1-c1ccccc1. The molecule has 0 bridgehead atoms. The van der Waals surface area contributed by atoms with Crippen LogP contribution in [0, 0.1) is 5.92 Å². The van der Waals surface area contributed by atoms with Gasteiger partial charge in [0, 0.05) is 37.1 Å². The minimum Gasteiger partial charge on any atom is -0.508 e. The van der Waals surface area contributed by atoms with Gasteiger partial charge >= 0.3 is 0 Å². The number of phenolic OH excluding ortho intramolecular Hbond substituents is 1. The molecule has 1 heterocycles. The van der Waals surface area contributed by atoms with Crippen LogP contribution < -0.4 is 0 Å². The molecular formula is C32H45N3O. The topological polar surface area (TPSA) is 41.3 Å². The van der Waals surface area contributed by atoms with Crippen LogP contribution in [-0.4, -0.2) is 32.6 Å². The zero-order valence-corrected chi connectivity index (χ0v) is 22.2. The number of imidazole rings is 1. The summed E-state index contributed by atoms with van der Waals surface area (Å²) in [6.45, 7) is 6.67. The van der Waals surface area contributed by atoms with Crippen LogP contribution in [0.2, 0.25) is 0 Å². The molecule has 2 aromatic carbocycles. The molecule has 4 nitrogen and oxygen atoms in total. The molecular weight excluding hydrogens is 442 g/mol. The van der Waals surface area contributed by atoms with E-state index in [1.807, 2.05) is 12.1 Å².